The maximum Gasteiger partial charge on any atom is 0.248 e. The van der Waals surface area contributed by atoms with E-state index in [9.17, 15) is 9.59 Å². The topological polar surface area (TPSA) is 46.2 Å². The summed E-state index contributed by atoms with van der Waals surface area (Å²) < 4.78 is 0. The van der Waals surface area contributed by atoms with Crippen LogP contribution in [0, 0.1) is 5.92 Å². The SMILES string of the molecule is CC1(c2cccc(Cl)c2)NC(=O)C2=CC=C(Cl)C(=O)C21. The number of nitrogens with one attached hydrogen (secondary N) is 1. The molecule has 1 aliphatic carbocycles. The van der Waals surface area contributed by atoms with Crippen molar-refractivity contribution in [2.24, 2.45) is 5.92 Å². The molecule has 0 spiro atoms. The van der Waals surface area contributed by atoms with Crippen molar-refractivity contribution < 1.29 is 9.59 Å². The minimum atomic E-state index is -0.834. The molecule has 2 aliphatic rings. The van der Waals surface area contributed by atoms with Crippen LogP contribution in [0.5, 0.6) is 0 Å². The molecule has 0 aromatic heterocycles. The molecule has 0 saturated carbocycles. The van der Waals surface area contributed by atoms with Gasteiger partial charge in [0.1, 0.15) is 0 Å². The lowest BCUT2D eigenvalue weighted by Gasteiger charge is -2.31. The molecule has 3 nitrogen and oxygen atoms in total. The Labute approximate surface area is 126 Å². The fraction of sp³-hybridized carbons (Fsp3) is 0.200. The molecule has 1 fully saturated rings. The van der Waals surface area contributed by atoms with E-state index in [0.717, 1.165) is 5.56 Å². The van der Waals surface area contributed by atoms with Gasteiger partial charge in [0, 0.05) is 10.6 Å². The summed E-state index contributed by atoms with van der Waals surface area (Å²) in [5.41, 5.74) is 0.396. The van der Waals surface area contributed by atoms with Crippen LogP contribution in [-0.2, 0) is 15.1 Å². The number of fused-ring (bicyclic) bond motifs is 1. The number of ketones is 1. The van der Waals surface area contributed by atoms with Gasteiger partial charge in [0.05, 0.1) is 16.5 Å². The third-order valence-corrected chi connectivity index (χ3v) is 4.40. The van der Waals surface area contributed by atoms with Crippen molar-refractivity contribution in [3.05, 3.63) is 57.6 Å². The van der Waals surface area contributed by atoms with Gasteiger partial charge in [-0.3, -0.25) is 9.59 Å². The summed E-state index contributed by atoms with van der Waals surface area (Å²) in [6, 6.07) is 7.14. The first-order valence-corrected chi connectivity index (χ1v) is 6.89. The Bertz CT molecular complexity index is 693. The van der Waals surface area contributed by atoms with Crippen LogP contribution in [0.2, 0.25) is 5.02 Å². The van der Waals surface area contributed by atoms with E-state index < -0.39 is 11.5 Å². The standard InChI is InChI=1S/C15H11Cl2NO2/c1-15(8-3-2-4-9(16)7-8)12-10(14(20)18-15)5-6-11(17)13(12)19/h2-7,12H,1H3,(H,18,20). The van der Waals surface area contributed by atoms with Crippen molar-refractivity contribution in [1.29, 1.82) is 0 Å². The first-order valence-electron chi connectivity index (χ1n) is 6.13. The summed E-state index contributed by atoms with van der Waals surface area (Å²) in [7, 11) is 0. The Morgan fingerprint density at radius 1 is 1.20 bits per heavy atom. The van der Waals surface area contributed by atoms with Gasteiger partial charge < -0.3 is 5.32 Å². The molecule has 1 amide bonds. The number of benzene rings is 1. The molecule has 5 heteroatoms. The highest BCUT2D eigenvalue weighted by Gasteiger charge is 2.52. The van der Waals surface area contributed by atoms with E-state index in [1.807, 2.05) is 13.0 Å². The number of hydrogen-bond donors (Lipinski definition) is 1. The molecule has 1 N–H and O–H groups in total. The fourth-order valence-corrected chi connectivity index (χ4v) is 3.19. The molecular weight excluding hydrogens is 297 g/mol. The van der Waals surface area contributed by atoms with Gasteiger partial charge in [-0.05, 0) is 30.7 Å². The van der Waals surface area contributed by atoms with Gasteiger partial charge in [-0.25, -0.2) is 0 Å². The first kappa shape index (κ1) is 13.4. The summed E-state index contributed by atoms with van der Waals surface area (Å²) in [6.45, 7) is 1.81. The number of halogens is 2. The van der Waals surface area contributed by atoms with E-state index in [2.05, 4.69) is 5.32 Å². The quantitative estimate of drug-likeness (QED) is 0.867. The van der Waals surface area contributed by atoms with Gasteiger partial charge in [0.25, 0.3) is 0 Å². The lowest BCUT2D eigenvalue weighted by molar-refractivity contribution is -0.119. The number of carbonyl (C=O) groups excluding carboxylic acids is 2. The normalized spacial score (nSPS) is 28.6. The molecule has 2 unspecified atom stereocenters. The van der Waals surface area contributed by atoms with Crippen LogP contribution >= 0.6 is 23.2 Å². The summed E-state index contributed by atoms with van der Waals surface area (Å²) in [5, 5.41) is 3.59. The monoisotopic (exact) mass is 307 g/mol. The molecular formula is C15H11Cl2NO2. The predicted molar refractivity (Wildman–Crippen MR) is 77.5 cm³/mol. The molecule has 0 radical (unpaired) electrons. The Kier molecular flexibility index (Phi) is 3.00. The highest BCUT2D eigenvalue weighted by atomic mass is 35.5. The molecule has 1 aliphatic heterocycles. The van der Waals surface area contributed by atoms with Crippen molar-refractivity contribution >= 4 is 34.9 Å². The summed E-state index contributed by atoms with van der Waals surface area (Å²) in [4.78, 5) is 24.5. The maximum atomic E-state index is 12.4. The minimum absolute atomic E-state index is 0.142. The second-order valence-electron chi connectivity index (χ2n) is 5.10. The zero-order chi connectivity index (χ0) is 14.5. The third-order valence-electron chi connectivity index (χ3n) is 3.85. The Morgan fingerprint density at radius 2 is 1.95 bits per heavy atom. The van der Waals surface area contributed by atoms with Crippen LogP contribution in [0.15, 0.2) is 47.0 Å². The second-order valence-corrected chi connectivity index (χ2v) is 5.94. The lowest BCUT2D eigenvalue weighted by Crippen LogP contribution is -2.43. The average molecular weight is 308 g/mol. The molecule has 1 aromatic rings. The number of carbonyl (C=O) groups is 2. The van der Waals surface area contributed by atoms with Crippen LogP contribution in [0.3, 0.4) is 0 Å². The highest BCUT2D eigenvalue weighted by Crippen LogP contribution is 2.44. The molecule has 1 heterocycles. The van der Waals surface area contributed by atoms with Crippen LogP contribution in [0.1, 0.15) is 12.5 Å². The van der Waals surface area contributed by atoms with Crippen molar-refractivity contribution in [2.45, 2.75) is 12.5 Å². The molecule has 1 saturated heterocycles. The van der Waals surface area contributed by atoms with Crippen LogP contribution < -0.4 is 5.32 Å². The number of allylic oxidation sites excluding steroid dienone is 3. The summed E-state index contributed by atoms with van der Waals surface area (Å²) in [5.74, 6) is -1.11. The van der Waals surface area contributed by atoms with Crippen LogP contribution in [0.4, 0.5) is 0 Å². The zero-order valence-corrected chi connectivity index (χ0v) is 12.1. The van der Waals surface area contributed by atoms with Gasteiger partial charge in [0.15, 0.2) is 5.78 Å². The number of hydrogen-bond acceptors (Lipinski definition) is 2. The fourth-order valence-electron chi connectivity index (χ4n) is 2.83. The van der Waals surface area contributed by atoms with Crippen molar-refractivity contribution in [3.63, 3.8) is 0 Å². The Hall–Kier alpha value is -1.58. The van der Waals surface area contributed by atoms with Crippen LogP contribution in [-0.4, -0.2) is 11.7 Å². The molecule has 102 valence electrons. The highest BCUT2D eigenvalue weighted by molar-refractivity contribution is 6.44. The van der Waals surface area contributed by atoms with Gasteiger partial charge in [0.2, 0.25) is 5.91 Å². The number of Topliss-reactive ketones (excluding diaryl/α,β-unsaturated/α-hetero) is 1. The molecule has 1 aromatic carbocycles. The van der Waals surface area contributed by atoms with Gasteiger partial charge >= 0.3 is 0 Å². The van der Waals surface area contributed by atoms with Gasteiger partial charge in [-0.1, -0.05) is 41.4 Å². The molecule has 3 rings (SSSR count). The van der Waals surface area contributed by atoms with E-state index in [4.69, 9.17) is 23.2 Å². The summed E-state index contributed by atoms with van der Waals surface area (Å²) >= 11 is 11.9. The maximum absolute atomic E-state index is 12.4. The van der Waals surface area contributed by atoms with Crippen molar-refractivity contribution in [3.8, 4) is 0 Å². The first-order chi connectivity index (χ1) is 9.43. The second kappa shape index (κ2) is 4.47. The largest absolute Gasteiger partial charge is 0.342 e. The van der Waals surface area contributed by atoms with E-state index in [1.165, 1.54) is 6.08 Å². The zero-order valence-electron chi connectivity index (χ0n) is 10.6. The number of rotatable bonds is 1. The predicted octanol–water partition coefficient (Wildman–Crippen LogP) is 2.93. The van der Waals surface area contributed by atoms with Crippen LogP contribution in [0.25, 0.3) is 0 Å². The van der Waals surface area contributed by atoms with Gasteiger partial charge in [-0.2, -0.15) is 0 Å². The molecule has 20 heavy (non-hydrogen) atoms. The summed E-state index contributed by atoms with van der Waals surface area (Å²) in [6.07, 6.45) is 3.08. The Morgan fingerprint density at radius 3 is 2.65 bits per heavy atom. The molecule has 2 atom stereocenters. The van der Waals surface area contributed by atoms with E-state index in [0.29, 0.717) is 10.6 Å². The lowest BCUT2D eigenvalue weighted by atomic mass is 9.75. The number of amides is 1. The van der Waals surface area contributed by atoms with Crippen molar-refractivity contribution in [2.75, 3.05) is 0 Å². The van der Waals surface area contributed by atoms with Gasteiger partial charge in [-0.15, -0.1) is 0 Å². The third kappa shape index (κ3) is 1.81. The minimum Gasteiger partial charge on any atom is -0.342 e. The smallest absolute Gasteiger partial charge is 0.248 e. The molecule has 0 bridgehead atoms. The van der Waals surface area contributed by atoms with Crippen molar-refractivity contribution in [1.82, 2.24) is 5.32 Å². The van der Waals surface area contributed by atoms with E-state index >= 15 is 0 Å². The average Bonchev–Trinajstić information content (AvgIpc) is 2.67. The van der Waals surface area contributed by atoms with E-state index in [-0.39, 0.29) is 16.7 Å². The van der Waals surface area contributed by atoms with E-state index in [1.54, 1.807) is 24.3 Å². The Balaban J connectivity index is 2.16.